The van der Waals surface area contributed by atoms with Crippen molar-refractivity contribution in [3.63, 3.8) is 0 Å². The van der Waals surface area contributed by atoms with Gasteiger partial charge in [-0.15, -0.1) is 0 Å². The third-order valence-electron chi connectivity index (χ3n) is 6.34. The lowest BCUT2D eigenvalue weighted by Gasteiger charge is -2.34. The van der Waals surface area contributed by atoms with Gasteiger partial charge >= 0.3 is 0 Å². The van der Waals surface area contributed by atoms with Gasteiger partial charge in [0, 0.05) is 55.7 Å². The fourth-order valence-electron chi connectivity index (χ4n) is 4.67. The molecular formula is C19H27N9O3S. The van der Waals surface area contributed by atoms with Crippen LogP contribution in [-0.4, -0.2) is 84.1 Å². The van der Waals surface area contributed by atoms with Crippen molar-refractivity contribution in [2.75, 3.05) is 54.9 Å². The SMILES string of the molecule is C[C@H]1COCCN1c1nc(-c2cnc(N)nc2)c2c(n1)N([C@H]1CCN(S(N)(=O)=O)C1)CC2. The highest BCUT2D eigenvalue weighted by Crippen LogP contribution is 2.38. The molecule has 0 aromatic carbocycles. The molecule has 0 spiro atoms. The number of anilines is 3. The second kappa shape index (κ2) is 8.06. The van der Waals surface area contributed by atoms with Crippen molar-refractivity contribution in [3.8, 4) is 11.3 Å². The van der Waals surface area contributed by atoms with Crippen LogP contribution in [0.15, 0.2) is 12.4 Å². The molecule has 2 saturated heterocycles. The van der Waals surface area contributed by atoms with Crippen LogP contribution in [0.4, 0.5) is 17.7 Å². The summed E-state index contributed by atoms with van der Waals surface area (Å²) in [5, 5.41) is 5.36. The van der Waals surface area contributed by atoms with Crippen LogP contribution in [0, 0.1) is 0 Å². The Labute approximate surface area is 186 Å². The molecule has 2 aromatic rings. The van der Waals surface area contributed by atoms with Gasteiger partial charge in [0.1, 0.15) is 5.82 Å². The molecule has 3 aliphatic rings. The van der Waals surface area contributed by atoms with Gasteiger partial charge in [0.25, 0.3) is 10.2 Å². The van der Waals surface area contributed by atoms with Crippen molar-refractivity contribution in [2.45, 2.75) is 31.8 Å². The third-order valence-corrected chi connectivity index (χ3v) is 7.40. The predicted molar refractivity (Wildman–Crippen MR) is 119 cm³/mol. The molecule has 5 rings (SSSR count). The van der Waals surface area contributed by atoms with Crippen molar-refractivity contribution >= 4 is 27.9 Å². The quantitative estimate of drug-likeness (QED) is 0.601. The smallest absolute Gasteiger partial charge is 0.276 e. The first kappa shape index (κ1) is 21.2. The van der Waals surface area contributed by atoms with E-state index in [-0.39, 0.29) is 18.0 Å². The third kappa shape index (κ3) is 3.85. The molecule has 0 radical (unpaired) electrons. The van der Waals surface area contributed by atoms with E-state index in [1.54, 1.807) is 12.4 Å². The molecule has 2 atom stereocenters. The van der Waals surface area contributed by atoms with E-state index in [4.69, 9.17) is 25.6 Å². The molecule has 2 aromatic heterocycles. The average Bonchev–Trinajstić information content (AvgIpc) is 3.41. The minimum Gasteiger partial charge on any atom is -0.377 e. The standard InChI is InChI=1S/C19H27N9O3S/c1-12-11-31-7-6-27(12)19-24-16(13-8-22-18(20)23-9-13)15-3-5-28(17(15)25-19)14-2-4-26(10-14)32(21,29)30/h8-9,12,14H,2-7,10-11H2,1H3,(H2,20,22,23)(H2,21,29,30)/t12-,14-/m0/s1. The zero-order valence-electron chi connectivity index (χ0n) is 17.9. The molecule has 12 nitrogen and oxygen atoms in total. The van der Waals surface area contributed by atoms with Crippen LogP contribution in [0.3, 0.4) is 0 Å². The molecule has 3 aliphatic heterocycles. The zero-order chi connectivity index (χ0) is 22.5. The summed E-state index contributed by atoms with van der Waals surface area (Å²) < 4.78 is 30.6. The van der Waals surface area contributed by atoms with E-state index in [2.05, 4.69) is 26.7 Å². The molecule has 2 fully saturated rings. The van der Waals surface area contributed by atoms with Gasteiger partial charge in [0.2, 0.25) is 11.9 Å². The Kier molecular flexibility index (Phi) is 5.35. The number of fused-ring (bicyclic) bond motifs is 1. The number of nitrogens with two attached hydrogens (primary N) is 2. The van der Waals surface area contributed by atoms with E-state index in [0.29, 0.717) is 45.2 Å². The Morgan fingerprint density at radius 1 is 1.12 bits per heavy atom. The summed E-state index contributed by atoms with van der Waals surface area (Å²) in [7, 11) is -3.71. The lowest BCUT2D eigenvalue weighted by molar-refractivity contribution is 0.0981. The minimum atomic E-state index is -3.71. The fourth-order valence-corrected chi connectivity index (χ4v) is 5.41. The molecule has 4 N–H and O–H groups in total. The molecule has 0 unspecified atom stereocenters. The first-order valence-corrected chi connectivity index (χ1v) is 12.2. The van der Waals surface area contributed by atoms with Crippen LogP contribution in [0.25, 0.3) is 11.3 Å². The first-order chi connectivity index (χ1) is 15.3. The maximum absolute atomic E-state index is 11.8. The summed E-state index contributed by atoms with van der Waals surface area (Å²) >= 11 is 0. The molecule has 5 heterocycles. The summed E-state index contributed by atoms with van der Waals surface area (Å²) in [5.74, 6) is 1.67. The van der Waals surface area contributed by atoms with Crippen LogP contribution < -0.4 is 20.7 Å². The number of morpholine rings is 1. The second-order valence-corrected chi connectivity index (χ2v) is 9.96. The minimum absolute atomic E-state index is 0.00922. The van der Waals surface area contributed by atoms with Crippen LogP contribution in [-0.2, 0) is 21.4 Å². The van der Waals surface area contributed by atoms with Crippen molar-refractivity contribution < 1.29 is 13.2 Å². The molecule has 32 heavy (non-hydrogen) atoms. The topological polar surface area (TPSA) is 157 Å². The molecule has 0 saturated carbocycles. The van der Waals surface area contributed by atoms with Crippen molar-refractivity contribution in [3.05, 3.63) is 18.0 Å². The van der Waals surface area contributed by atoms with Gasteiger partial charge in [-0.25, -0.2) is 20.1 Å². The van der Waals surface area contributed by atoms with Crippen molar-refractivity contribution in [2.24, 2.45) is 5.14 Å². The fraction of sp³-hybridized carbons (Fsp3) is 0.579. The Morgan fingerprint density at radius 2 is 1.91 bits per heavy atom. The average molecular weight is 462 g/mol. The van der Waals surface area contributed by atoms with Crippen LogP contribution in [0.1, 0.15) is 18.9 Å². The largest absolute Gasteiger partial charge is 0.377 e. The summed E-state index contributed by atoms with van der Waals surface area (Å²) in [6.07, 6.45) is 4.81. The number of aromatic nitrogens is 4. The Hall–Kier alpha value is -2.61. The number of rotatable bonds is 4. The highest BCUT2D eigenvalue weighted by Gasteiger charge is 2.38. The monoisotopic (exact) mass is 461 g/mol. The van der Waals surface area contributed by atoms with Crippen LogP contribution in [0.2, 0.25) is 0 Å². The van der Waals surface area contributed by atoms with E-state index in [1.165, 1.54) is 4.31 Å². The molecule has 13 heteroatoms. The normalized spacial score (nSPS) is 24.2. The van der Waals surface area contributed by atoms with Gasteiger partial charge in [-0.3, -0.25) is 0 Å². The van der Waals surface area contributed by atoms with E-state index in [0.717, 1.165) is 35.6 Å². The van der Waals surface area contributed by atoms with Crippen molar-refractivity contribution in [1.82, 2.24) is 24.2 Å². The van der Waals surface area contributed by atoms with E-state index in [9.17, 15) is 8.42 Å². The Morgan fingerprint density at radius 3 is 2.59 bits per heavy atom. The van der Waals surface area contributed by atoms with Gasteiger partial charge in [-0.1, -0.05) is 0 Å². The maximum Gasteiger partial charge on any atom is 0.276 e. The lowest BCUT2D eigenvalue weighted by atomic mass is 10.1. The van der Waals surface area contributed by atoms with Gasteiger partial charge in [0.15, 0.2) is 0 Å². The maximum atomic E-state index is 11.8. The molecule has 172 valence electrons. The summed E-state index contributed by atoms with van der Waals surface area (Å²) in [4.78, 5) is 22.5. The van der Waals surface area contributed by atoms with Gasteiger partial charge in [-0.05, 0) is 19.8 Å². The Balaban J connectivity index is 1.56. The first-order valence-electron chi connectivity index (χ1n) is 10.7. The van der Waals surface area contributed by atoms with Gasteiger partial charge in [0.05, 0.1) is 24.9 Å². The van der Waals surface area contributed by atoms with E-state index in [1.807, 2.05) is 0 Å². The zero-order valence-corrected chi connectivity index (χ0v) is 18.7. The summed E-state index contributed by atoms with van der Waals surface area (Å²) in [6.45, 7) is 5.49. The van der Waals surface area contributed by atoms with Gasteiger partial charge < -0.3 is 20.3 Å². The number of hydrogen-bond donors (Lipinski definition) is 2. The number of hydrogen-bond acceptors (Lipinski definition) is 10. The lowest BCUT2D eigenvalue weighted by Crippen LogP contribution is -2.45. The highest BCUT2D eigenvalue weighted by molar-refractivity contribution is 7.86. The summed E-state index contributed by atoms with van der Waals surface area (Å²) in [6, 6.07) is 0.145. The number of nitrogens with zero attached hydrogens (tertiary/aromatic N) is 7. The number of ether oxygens (including phenoxy) is 1. The highest BCUT2D eigenvalue weighted by atomic mass is 32.2. The van der Waals surface area contributed by atoms with E-state index >= 15 is 0 Å². The van der Waals surface area contributed by atoms with E-state index < -0.39 is 10.2 Å². The van der Waals surface area contributed by atoms with Crippen molar-refractivity contribution in [1.29, 1.82) is 0 Å². The second-order valence-electron chi connectivity index (χ2n) is 8.41. The Bertz CT molecular complexity index is 1110. The van der Waals surface area contributed by atoms with Gasteiger partial charge in [-0.2, -0.15) is 17.7 Å². The molecular weight excluding hydrogens is 434 g/mol. The van der Waals surface area contributed by atoms with Crippen LogP contribution in [0.5, 0.6) is 0 Å². The van der Waals surface area contributed by atoms with Crippen LogP contribution >= 0.6 is 0 Å². The predicted octanol–water partition coefficient (Wildman–Crippen LogP) is -0.619. The molecule has 0 amide bonds. The summed E-state index contributed by atoms with van der Waals surface area (Å²) in [5.41, 5.74) is 8.26. The molecule has 0 bridgehead atoms. The number of nitrogen functional groups attached to an aromatic ring is 1. The molecule has 0 aliphatic carbocycles.